The van der Waals surface area contributed by atoms with E-state index in [1.807, 2.05) is 41.1 Å². The molecule has 1 aliphatic rings. The Labute approximate surface area is 132 Å². The molecule has 0 radical (unpaired) electrons. The Hall–Kier alpha value is -2.34. The van der Waals surface area contributed by atoms with Crippen molar-refractivity contribution in [1.29, 1.82) is 0 Å². The van der Waals surface area contributed by atoms with Crippen molar-refractivity contribution in [3.8, 4) is 5.75 Å². The zero-order chi connectivity index (χ0) is 15.5. The molecular formula is C16H16N2O3S. The molecule has 0 fully saturated rings. The first-order valence-electron chi connectivity index (χ1n) is 7.04. The number of para-hydroxylation sites is 2. The van der Waals surface area contributed by atoms with Gasteiger partial charge >= 0.3 is 0 Å². The second-order valence-corrected chi connectivity index (χ2v) is 5.81. The predicted molar refractivity (Wildman–Crippen MR) is 86.5 cm³/mol. The van der Waals surface area contributed by atoms with Crippen molar-refractivity contribution in [2.24, 2.45) is 0 Å². The molecule has 2 heterocycles. The number of benzene rings is 1. The van der Waals surface area contributed by atoms with Crippen LogP contribution in [0.25, 0.3) is 0 Å². The van der Waals surface area contributed by atoms with Crippen molar-refractivity contribution in [1.82, 2.24) is 0 Å². The van der Waals surface area contributed by atoms with Crippen LogP contribution in [0.4, 0.5) is 11.4 Å². The van der Waals surface area contributed by atoms with Gasteiger partial charge in [0, 0.05) is 18.3 Å². The molecule has 6 heteroatoms. The number of carbonyl (C=O) groups excluding carboxylic acids is 2. The first kappa shape index (κ1) is 14.6. The first-order chi connectivity index (χ1) is 10.6. The summed E-state index contributed by atoms with van der Waals surface area (Å²) in [6.07, 6.45) is -0.294. The fourth-order valence-corrected chi connectivity index (χ4v) is 2.95. The molecule has 0 saturated carbocycles. The van der Waals surface area contributed by atoms with Crippen LogP contribution >= 0.6 is 11.3 Å². The Morgan fingerprint density at radius 3 is 2.95 bits per heavy atom. The Morgan fingerprint density at radius 1 is 1.36 bits per heavy atom. The van der Waals surface area contributed by atoms with E-state index in [0.717, 1.165) is 5.69 Å². The van der Waals surface area contributed by atoms with Gasteiger partial charge in [0.2, 0.25) is 5.91 Å². The van der Waals surface area contributed by atoms with Gasteiger partial charge in [0.1, 0.15) is 5.75 Å². The van der Waals surface area contributed by atoms with E-state index in [2.05, 4.69) is 5.32 Å². The Balaban J connectivity index is 1.68. The molecule has 1 aromatic carbocycles. The summed E-state index contributed by atoms with van der Waals surface area (Å²) in [6, 6.07) is 9.22. The van der Waals surface area contributed by atoms with Gasteiger partial charge in [-0.2, -0.15) is 11.3 Å². The van der Waals surface area contributed by atoms with Crippen molar-refractivity contribution in [2.45, 2.75) is 19.4 Å². The summed E-state index contributed by atoms with van der Waals surface area (Å²) in [5, 5.41) is 6.59. The average Bonchev–Trinajstić information content (AvgIpc) is 3.00. The van der Waals surface area contributed by atoms with Crippen LogP contribution < -0.4 is 15.0 Å². The van der Waals surface area contributed by atoms with E-state index in [0.29, 0.717) is 18.0 Å². The third kappa shape index (κ3) is 2.96. The molecule has 1 aliphatic heterocycles. The largest absolute Gasteiger partial charge is 0.479 e. The summed E-state index contributed by atoms with van der Waals surface area (Å²) in [5.74, 6) is 0.442. The average molecular weight is 316 g/mol. The van der Waals surface area contributed by atoms with E-state index in [4.69, 9.17) is 4.74 Å². The number of fused-ring (bicyclic) bond motifs is 1. The van der Waals surface area contributed by atoms with E-state index < -0.39 is 6.10 Å². The van der Waals surface area contributed by atoms with Crippen LogP contribution in [0.3, 0.4) is 0 Å². The zero-order valence-corrected chi connectivity index (χ0v) is 12.9. The zero-order valence-electron chi connectivity index (χ0n) is 12.1. The fraction of sp³-hybridized carbons (Fsp3) is 0.250. The Morgan fingerprint density at radius 2 is 2.18 bits per heavy atom. The number of hydrogen-bond donors (Lipinski definition) is 1. The number of rotatable bonds is 4. The topological polar surface area (TPSA) is 58.6 Å². The Bertz CT molecular complexity index is 684. The molecule has 1 unspecified atom stereocenters. The maximum atomic E-state index is 12.3. The number of amides is 2. The number of hydrogen-bond acceptors (Lipinski definition) is 4. The number of nitrogens with zero attached hydrogens (tertiary/aromatic N) is 1. The molecule has 0 spiro atoms. The van der Waals surface area contributed by atoms with Gasteiger partial charge in [-0.05, 0) is 30.5 Å². The van der Waals surface area contributed by atoms with Crippen LogP contribution in [0.15, 0.2) is 41.1 Å². The quantitative estimate of drug-likeness (QED) is 0.943. The molecule has 5 nitrogen and oxygen atoms in total. The lowest BCUT2D eigenvalue weighted by Gasteiger charge is -2.32. The van der Waals surface area contributed by atoms with Gasteiger partial charge in [-0.15, -0.1) is 0 Å². The molecule has 3 rings (SSSR count). The molecular weight excluding hydrogens is 300 g/mol. The molecule has 0 saturated heterocycles. The van der Waals surface area contributed by atoms with Crippen molar-refractivity contribution in [2.75, 3.05) is 16.8 Å². The summed E-state index contributed by atoms with van der Waals surface area (Å²) < 4.78 is 5.58. The predicted octanol–water partition coefficient (Wildman–Crippen LogP) is 2.89. The minimum absolute atomic E-state index is 0.108. The summed E-state index contributed by atoms with van der Waals surface area (Å²) in [7, 11) is 0. The van der Waals surface area contributed by atoms with E-state index in [-0.39, 0.29) is 18.2 Å². The highest BCUT2D eigenvalue weighted by molar-refractivity contribution is 7.08. The number of anilines is 2. The van der Waals surface area contributed by atoms with Crippen molar-refractivity contribution >= 4 is 34.5 Å². The van der Waals surface area contributed by atoms with Gasteiger partial charge in [-0.1, -0.05) is 12.1 Å². The normalized spacial score (nSPS) is 16.9. The second kappa shape index (κ2) is 6.19. The van der Waals surface area contributed by atoms with Gasteiger partial charge in [0.25, 0.3) is 5.91 Å². The second-order valence-electron chi connectivity index (χ2n) is 5.03. The van der Waals surface area contributed by atoms with Gasteiger partial charge in [-0.3, -0.25) is 9.59 Å². The SMILES string of the molecule is CC1Oc2ccccc2N(CCC(=O)Nc2ccsc2)C1=O. The number of ether oxygens (including phenoxy) is 1. The molecule has 114 valence electrons. The van der Waals surface area contributed by atoms with Gasteiger partial charge < -0.3 is 15.0 Å². The standard InChI is InChI=1S/C16H16N2O3S/c1-11-16(20)18(13-4-2-3-5-14(13)21-11)8-6-15(19)17-12-7-9-22-10-12/h2-5,7,9-11H,6,8H2,1H3,(H,17,19). The number of thiophene rings is 1. The van der Waals surface area contributed by atoms with E-state index in [1.54, 1.807) is 11.8 Å². The molecule has 1 aromatic heterocycles. The minimum atomic E-state index is -0.533. The fourth-order valence-electron chi connectivity index (χ4n) is 2.36. The third-order valence-corrected chi connectivity index (χ3v) is 4.12. The maximum absolute atomic E-state index is 12.3. The van der Waals surface area contributed by atoms with Crippen LogP contribution in [0.5, 0.6) is 5.75 Å². The van der Waals surface area contributed by atoms with Crippen LogP contribution in [0.1, 0.15) is 13.3 Å². The molecule has 2 aromatic rings. The van der Waals surface area contributed by atoms with Gasteiger partial charge in [0.05, 0.1) is 11.4 Å². The van der Waals surface area contributed by atoms with Gasteiger partial charge in [-0.25, -0.2) is 0 Å². The molecule has 0 bridgehead atoms. The molecule has 1 atom stereocenters. The molecule has 2 amide bonds. The van der Waals surface area contributed by atoms with Gasteiger partial charge in [0.15, 0.2) is 6.10 Å². The highest BCUT2D eigenvalue weighted by atomic mass is 32.1. The lowest BCUT2D eigenvalue weighted by Crippen LogP contribution is -2.45. The maximum Gasteiger partial charge on any atom is 0.267 e. The first-order valence-corrected chi connectivity index (χ1v) is 7.98. The van der Waals surface area contributed by atoms with E-state index >= 15 is 0 Å². The Kier molecular flexibility index (Phi) is 4.11. The van der Waals surface area contributed by atoms with E-state index in [9.17, 15) is 9.59 Å². The minimum Gasteiger partial charge on any atom is -0.479 e. The summed E-state index contributed by atoms with van der Waals surface area (Å²) in [5.41, 5.74) is 1.51. The highest BCUT2D eigenvalue weighted by Crippen LogP contribution is 2.33. The monoisotopic (exact) mass is 316 g/mol. The number of carbonyl (C=O) groups is 2. The molecule has 0 aliphatic carbocycles. The third-order valence-electron chi connectivity index (χ3n) is 3.44. The van der Waals surface area contributed by atoms with Crippen LogP contribution in [0, 0.1) is 0 Å². The van der Waals surface area contributed by atoms with Crippen molar-refractivity contribution < 1.29 is 14.3 Å². The van der Waals surface area contributed by atoms with Crippen molar-refractivity contribution in [3.05, 3.63) is 41.1 Å². The summed E-state index contributed by atoms with van der Waals surface area (Å²) in [6.45, 7) is 2.05. The van der Waals surface area contributed by atoms with Crippen LogP contribution in [0.2, 0.25) is 0 Å². The number of nitrogens with one attached hydrogen (secondary N) is 1. The van der Waals surface area contributed by atoms with E-state index in [1.165, 1.54) is 11.3 Å². The van der Waals surface area contributed by atoms with Crippen molar-refractivity contribution in [3.63, 3.8) is 0 Å². The van der Waals surface area contributed by atoms with Crippen LogP contribution in [-0.2, 0) is 9.59 Å². The smallest absolute Gasteiger partial charge is 0.267 e. The summed E-state index contributed by atoms with van der Waals surface area (Å²) >= 11 is 1.52. The highest BCUT2D eigenvalue weighted by Gasteiger charge is 2.31. The molecule has 1 N–H and O–H groups in total. The molecule has 22 heavy (non-hydrogen) atoms. The lowest BCUT2D eigenvalue weighted by molar-refractivity contribution is -0.125. The summed E-state index contributed by atoms with van der Waals surface area (Å²) in [4.78, 5) is 25.9. The lowest BCUT2D eigenvalue weighted by atomic mass is 10.1. The van der Waals surface area contributed by atoms with Crippen LogP contribution in [-0.4, -0.2) is 24.5 Å².